The summed E-state index contributed by atoms with van der Waals surface area (Å²) in [7, 11) is -3.67. The van der Waals surface area contributed by atoms with Gasteiger partial charge in [-0.05, 0) is 20.8 Å². The van der Waals surface area contributed by atoms with Crippen molar-refractivity contribution in [1.29, 1.82) is 0 Å². The van der Waals surface area contributed by atoms with E-state index >= 15 is 0 Å². The number of hydrogen-bond acceptors (Lipinski definition) is 6. The number of nitrogen functional groups attached to an aromatic ring is 1. The van der Waals surface area contributed by atoms with Crippen LogP contribution in [0.2, 0.25) is 0 Å². The molecule has 0 aromatic carbocycles. The fraction of sp³-hybridized carbons (Fsp3) is 0.444. The van der Waals surface area contributed by atoms with Gasteiger partial charge in [-0.3, -0.25) is 10.1 Å². The van der Waals surface area contributed by atoms with Crippen LogP contribution in [0.5, 0.6) is 0 Å². The summed E-state index contributed by atoms with van der Waals surface area (Å²) in [6, 6.07) is 0.933. The van der Waals surface area contributed by atoms with Crippen LogP contribution in [0.4, 0.5) is 11.5 Å². The summed E-state index contributed by atoms with van der Waals surface area (Å²) in [6.45, 7) is 4.51. The maximum atomic E-state index is 12.0. The molecule has 1 aromatic heterocycles. The molecule has 1 aromatic rings. The number of hydrogen-bond donors (Lipinski definition) is 1. The van der Waals surface area contributed by atoms with E-state index < -0.39 is 25.2 Å². The van der Waals surface area contributed by atoms with Crippen LogP contribution in [0.3, 0.4) is 0 Å². The summed E-state index contributed by atoms with van der Waals surface area (Å²) in [6.07, 6.45) is 1.03. The first-order chi connectivity index (χ1) is 7.57. The molecule has 0 aliphatic rings. The van der Waals surface area contributed by atoms with E-state index in [0.717, 1.165) is 12.3 Å². The van der Waals surface area contributed by atoms with Crippen molar-refractivity contribution in [3.63, 3.8) is 0 Å². The Labute approximate surface area is 98.7 Å². The number of pyridine rings is 1. The van der Waals surface area contributed by atoms with Gasteiger partial charge in [-0.1, -0.05) is 0 Å². The normalized spacial score (nSPS) is 12.4. The third-order valence-corrected chi connectivity index (χ3v) is 4.64. The molecule has 0 bridgehead atoms. The highest BCUT2D eigenvalue weighted by Crippen LogP contribution is 2.28. The molecule has 2 N–H and O–H groups in total. The predicted octanol–water partition coefficient (Wildman–Crippen LogP) is 1.14. The van der Waals surface area contributed by atoms with Crippen LogP contribution in [-0.2, 0) is 9.84 Å². The molecule has 0 aliphatic carbocycles. The smallest absolute Gasteiger partial charge is 0.312 e. The fourth-order valence-electron chi connectivity index (χ4n) is 1.09. The van der Waals surface area contributed by atoms with Gasteiger partial charge in [0.25, 0.3) is 0 Å². The third-order valence-electron chi connectivity index (χ3n) is 2.19. The Hall–Kier alpha value is -1.70. The molecular formula is C9H13N3O4S. The molecule has 0 atom stereocenters. The molecule has 94 valence electrons. The van der Waals surface area contributed by atoms with Crippen molar-refractivity contribution in [2.24, 2.45) is 0 Å². The minimum absolute atomic E-state index is 0.203. The molecule has 7 nitrogen and oxygen atoms in total. The molecule has 17 heavy (non-hydrogen) atoms. The van der Waals surface area contributed by atoms with Crippen LogP contribution in [0.15, 0.2) is 17.2 Å². The predicted molar refractivity (Wildman–Crippen MR) is 62.2 cm³/mol. The lowest BCUT2D eigenvalue weighted by atomic mass is 10.3. The Balaban J connectivity index is 3.46. The van der Waals surface area contributed by atoms with Gasteiger partial charge in [-0.2, -0.15) is 0 Å². The lowest BCUT2D eigenvalue weighted by Crippen LogP contribution is -2.28. The van der Waals surface area contributed by atoms with E-state index in [4.69, 9.17) is 5.73 Å². The van der Waals surface area contributed by atoms with Gasteiger partial charge in [0.1, 0.15) is 0 Å². The maximum absolute atomic E-state index is 12.0. The number of anilines is 1. The van der Waals surface area contributed by atoms with Gasteiger partial charge in [0.05, 0.1) is 14.6 Å². The zero-order chi connectivity index (χ0) is 13.4. The largest absolute Gasteiger partial charge is 0.378 e. The Morgan fingerprint density at radius 3 is 2.35 bits per heavy atom. The van der Waals surface area contributed by atoms with Gasteiger partial charge in [-0.25, -0.2) is 13.4 Å². The summed E-state index contributed by atoms with van der Waals surface area (Å²) in [4.78, 5) is 13.2. The molecule has 0 saturated carbocycles. The maximum Gasteiger partial charge on any atom is 0.312 e. The Morgan fingerprint density at radius 1 is 1.41 bits per heavy atom. The number of rotatable bonds is 2. The lowest BCUT2D eigenvalue weighted by Gasteiger charge is -2.18. The van der Waals surface area contributed by atoms with Crippen LogP contribution < -0.4 is 5.73 Å². The molecule has 0 radical (unpaired) electrons. The molecular weight excluding hydrogens is 246 g/mol. The summed E-state index contributed by atoms with van der Waals surface area (Å²) in [5, 5.41) is 10.6. The topological polar surface area (TPSA) is 116 Å². The van der Waals surface area contributed by atoms with E-state index in [1.165, 1.54) is 20.8 Å². The first-order valence-electron chi connectivity index (χ1n) is 4.72. The van der Waals surface area contributed by atoms with Gasteiger partial charge in [0, 0.05) is 12.3 Å². The first kappa shape index (κ1) is 13.4. The highest BCUT2D eigenvalue weighted by Gasteiger charge is 2.32. The minimum Gasteiger partial charge on any atom is -0.378 e. The van der Waals surface area contributed by atoms with Crippen molar-refractivity contribution in [3.05, 3.63) is 22.4 Å². The highest BCUT2D eigenvalue weighted by atomic mass is 32.2. The van der Waals surface area contributed by atoms with Crippen LogP contribution >= 0.6 is 0 Å². The number of sulfone groups is 1. The van der Waals surface area contributed by atoms with Crippen LogP contribution in [0.25, 0.3) is 0 Å². The second kappa shape index (κ2) is 3.95. The summed E-state index contributed by atoms with van der Waals surface area (Å²) in [5.74, 6) is -0.303. The van der Waals surface area contributed by atoms with Crippen LogP contribution in [-0.4, -0.2) is 23.1 Å². The third kappa shape index (κ3) is 2.36. The summed E-state index contributed by atoms with van der Waals surface area (Å²) < 4.78 is 23.0. The van der Waals surface area contributed by atoms with Crippen molar-refractivity contribution < 1.29 is 13.3 Å². The van der Waals surface area contributed by atoms with Crippen molar-refractivity contribution >= 4 is 21.3 Å². The molecule has 8 heteroatoms. The monoisotopic (exact) mass is 259 g/mol. The molecule has 0 amide bonds. The van der Waals surface area contributed by atoms with Crippen molar-refractivity contribution in [1.82, 2.24) is 4.98 Å². The van der Waals surface area contributed by atoms with Gasteiger partial charge in [0.15, 0.2) is 9.84 Å². The Bertz CT molecular complexity index is 560. The highest BCUT2D eigenvalue weighted by molar-refractivity contribution is 7.92. The molecule has 0 saturated heterocycles. The number of aromatic nitrogens is 1. The molecule has 1 rings (SSSR count). The van der Waals surface area contributed by atoms with E-state index in [0.29, 0.717) is 0 Å². The van der Waals surface area contributed by atoms with E-state index in [1.54, 1.807) is 0 Å². The van der Waals surface area contributed by atoms with Gasteiger partial charge >= 0.3 is 5.69 Å². The average molecular weight is 259 g/mol. The lowest BCUT2D eigenvalue weighted by molar-refractivity contribution is -0.384. The van der Waals surface area contributed by atoms with E-state index in [2.05, 4.69) is 4.98 Å². The standard InChI is InChI=1S/C9H13N3O4S/c1-9(2,3)17(15,16)6-4-7(12(13)14)8(10)11-5-6/h4-5H,1-3H3,(H2,10,11). The van der Waals surface area contributed by atoms with Crippen molar-refractivity contribution in [2.45, 2.75) is 30.4 Å². The Kier molecular flexibility index (Phi) is 3.11. The van der Waals surface area contributed by atoms with Crippen LogP contribution in [0, 0.1) is 10.1 Å². The Morgan fingerprint density at radius 2 is 1.94 bits per heavy atom. The molecule has 1 heterocycles. The molecule has 0 unspecified atom stereocenters. The van der Waals surface area contributed by atoms with Gasteiger partial charge < -0.3 is 5.73 Å². The number of nitrogens with zero attached hydrogens (tertiary/aromatic N) is 2. The second-order valence-electron chi connectivity index (χ2n) is 4.45. The van der Waals surface area contributed by atoms with Crippen molar-refractivity contribution in [2.75, 3.05) is 5.73 Å². The minimum atomic E-state index is -3.67. The van der Waals surface area contributed by atoms with Gasteiger partial charge in [-0.15, -0.1) is 0 Å². The van der Waals surface area contributed by atoms with Gasteiger partial charge in [0.2, 0.25) is 5.82 Å². The average Bonchev–Trinajstić information content (AvgIpc) is 2.15. The second-order valence-corrected chi connectivity index (χ2v) is 7.15. The quantitative estimate of drug-likeness (QED) is 0.628. The molecule has 0 fully saturated rings. The summed E-state index contributed by atoms with van der Waals surface area (Å²) >= 11 is 0. The van der Waals surface area contributed by atoms with E-state index in [9.17, 15) is 18.5 Å². The number of nitrogens with two attached hydrogens (primary N) is 1. The van der Waals surface area contributed by atoms with E-state index in [-0.39, 0.29) is 10.7 Å². The number of nitro groups is 1. The first-order valence-corrected chi connectivity index (χ1v) is 6.20. The van der Waals surface area contributed by atoms with Crippen molar-refractivity contribution in [3.8, 4) is 0 Å². The fourth-order valence-corrected chi connectivity index (χ4v) is 2.26. The van der Waals surface area contributed by atoms with E-state index in [1.807, 2.05) is 0 Å². The molecule has 0 spiro atoms. The zero-order valence-corrected chi connectivity index (χ0v) is 10.5. The summed E-state index contributed by atoms with van der Waals surface area (Å²) in [5.41, 5.74) is 4.79. The molecule has 0 aliphatic heterocycles. The zero-order valence-electron chi connectivity index (χ0n) is 9.67. The van der Waals surface area contributed by atoms with Crippen LogP contribution in [0.1, 0.15) is 20.8 Å². The SMILES string of the molecule is CC(C)(C)S(=O)(=O)c1cnc(N)c([N+](=O)[O-])c1.